The molecular weight excluding hydrogens is 402 g/mol. The lowest BCUT2D eigenvalue weighted by Crippen LogP contribution is -2.17. The molecular formula is C19H16BrNO5. The Hall–Kier alpha value is -2.93. The molecule has 0 heterocycles. The molecule has 0 aliphatic rings. The Labute approximate surface area is 158 Å². The lowest BCUT2D eigenvalue weighted by Gasteiger charge is -2.13. The minimum absolute atomic E-state index is 0.149. The fourth-order valence-electron chi connectivity index (χ4n) is 2.14. The van der Waals surface area contributed by atoms with Crippen molar-refractivity contribution in [1.29, 1.82) is 0 Å². The van der Waals surface area contributed by atoms with Gasteiger partial charge in [-0.1, -0.05) is 46.3 Å². The van der Waals surface area contributed by atoms with Crippen molar-refractivity contribution in [1.82, 2.24) is 0 Å². The summed E-state index contributed by atoms with van der Waals surface area (Å²) in [5, 5.41) is 2.79. The monoisotopic (exact) mass is 417 g/mol. The Morgan fingerprint density at radius 2 is 1.69 bits per heavy atom. The number of carbonyl (C=O) groups excluding carboxylic acids is 3. The zero-order chi connectivity index (χ0) is 19.1. The molecule has 2 aromatic carbocycles. The average Bonchev–Trinajstić information content (AvgIpc) is 2.67. The van der Waals surface area contributed by atoms with Crippen molar-refractivity contribution in [3.05, 3.63) is 75.9 Å². The number of hydrogen-bond acceptors (Lipinski definition) is 6. The Balaban J connectivity index is 2.46. The topological polar surface area (TPSA) is 81.7 Å². The van der Waals surface area contributed by atoms with Crippen LogP contribution in [0.4, 0.5) is 5.69 Å². The number of hydrogen-bond donors (Lipinski definition) is 1. The maximum Gasteiger partial charge on any atom is 0.354 e. The van der Waals surface area contributed by atoms with Crippen molar-refractivity contribution in [2.75, 3.05) is 19.5 Å². The highest BCUT2D eigenvalue weighted by Crippen LogP contribution is 2.25. The van der Waals surface area contributed by atoms with Crippen LogP contribution in [0.2, 0.25) is 0 Å². The molecule has 0 aliphatic carbocycles. The second-order valence-corrected chi connectivity index (χ2v) is 6.00. The summed E-state index contributed by atoms with van der Waals surface area (Å²) in [6.07, 6.45) is 0.963. The van der Waals surface area contributed by atoms with Crippen LogP contribution in [-0.2, 0) is 19.1 Å². The van der Waals surface area contributed by atoms with E-state index in [0.717, 1.165) is 6.08 Å². The summed E-state index contributed by atoms with van der Waals surface area (Å²) < 4.78 is 9.90. The van der Waals surface area contributed by atoms with Crippen LogP contribution < -0.4 is 5.32 Å². The molecule has 0 bridgehead atoms. The fourth-order valence-corrected chi connectivity index (χ4v) is 2.50. The van der Waals surface area contributed by atoms with Crippen molar-refractivity contribution >= 4 is 39.3 Å². The lowest BCUT2D eigenvalue weighted by atomic mass is 10.0. The van der Waals surface area contributed by atoms with Gasteiger partial charge in [0.25, 0.3) is 0 Å². The molecule has 6 nitrogen and oxygen atoms in total. The molecule has 0 saturated heterocycles. The third-order valence-corrected chi connectivity index (χ3v) is 3.89. The van der Waals surface area contributed by atoms with Crippen molar-refractivity contribution in [3.63, 3.8) is 0 Å². The Morgan fingerprint density at radius 1 is 1.00 bits per heavy atom. The van der Waals surface area contributed by atoms with Crippen LogP contribution in [0.1, 0.15) is 15.9 Å². The number of esters is 2. The number of methoxy groups -OCH3 is 2. The molecule has 2 rings (SSSR count). The van der Waals surface area contributed by atoms with Crippen LogP contribution >= 0.6 is 15.9 Å². The van der Waals surface area contributed by atoms with Crippen molar-refractivity contribution < 1.29 is 23.9 Å². The third-order valence-electron chi connectivity index (χ3n) is 3.40. The molecule has 2 aromatic rings. The predicted molar refractivity (Wildman–Crippen MR) is 99.8 cm³/mol. The summed E-state index contributed by atoms with van der Waals surface area (Å²) >= 11 is 3.34. The van der Waals surface area contributed by atoms with Gasteiger partial charge in [0.15, 0.2) is 5.78 Å². The highest BCUT2D eigenvalue weighted by Gasteiger charge is 2.18. The molecule has 0 fully saturated rings. The first kappa shape index (κ1) is 19.4. The minimum Gasteiger partial charge on any atom is -0.466 e. The summed E-state index contributed by atoms with van der Waals surface area (Å²) in [5.74, 6) is -1.74. The second kappa shape index (κ2) is 8.96. The van der Waals surface area contributed by atoms with Gasteiger partial charge in [-0.15, -0.1) is 0 Å². The van der Waals surface area contributed by atoms with Crippen LogP contribution in [0.3, 0.4) is 0 Å². The normalized spacial score (nSPS) is 10.8. The van der Waals surface area contributed by atoms with Crippen molar-refractivity contribution in [2.24, 2.45) is 0 Å². The Kier molecular flexibility index (Phi) is 6.68. The third kappa shape index (κ3) is 4.80. The molecule has 0 atom stereocenters. The van der Waals surface area contributed by atoms with E-state index in [4.69, 9.17) is 0 Å². The zero-order valence-electron chi connectivity index (χ0n) is 14.1. The number of ether oxygens (including phenoxy) is 2. The van der Waals surface area contributed by atoms with Gasteiger partial charge in [-0.25, -0.2) is 9.59 Å². The minimum atomic E-state index is -0.767. The van der Waals surface area contributed by atoms with Gasteiger partial charge in [0.1, 0.15) is 5.70 Å². The maximum atomic E-state index is 12.8. The largest absolute Gasteiger partial charge is 0.466 e. The molecule has 0 aliphatic heterocycles. The first-order valence-corrected chi connectivity index (χ1v) is 8.30. The lowest BCUT2D eigenvalue weighted by molar-refractivity contribution is -0.138. The highest BCUT2D eigenvalue weighted by molar-refractivity contribution is 9.10. The van der Waals surface area contributed by atoms with Crippen LogP contribution in [0.15, 0.2) is 64.8 Å². The van der Waals surface area contributed by atoms with Gasteiger partial charge >= 0.3 is 11.9 Å². The van der Waals surface area contributed by atoms with Gasteiger partial charge in [-0.2, -0.15) is 0 Å². The number of benzene rings is 2. The van der Waals surface area contributed by atoms with Crippen molar-refractivity contribution in [3.8, 4) is 0 Å². The zero-order valence-corrected chi connectivity index (χ0v) is 15.7. The second-order valence-electron chi connectivity index (χ2n) is 5.08. The molecule has 1 N–H and O–H groups in total. The van der Waals surface area contributed by atoms with Crippen LogP contribution in [0, 0.1) is 0 Å². The number of nitrogens with one attached hydrogen (secondary N) is 1. The summed E-state index contributed by atoms with van der Waals surface area (Å²) in [6, 6.07) is 13.7. The van der Waals surface area contributed by atoms with Crippen LogP contribution in [-0.4, -0.2) is 31.9 Å². The summed E-state index contributed by atoms with van der Waals surface area (Å²) in [4.78, 5) is 36.3. The van der Waals surface area contributed by atoms with Gasteiger partial charge in [0, 0.05) is 21.3 Å². The van der Waals surface area contributed by atoms with Gasteiger partial charge in [-0.05, 0) is 18.2 Å². The van der Waals surface area contributed by atoms with Gasteiger partial charge in [-0.3, -0.25) is 4.79 Å². The molecule has 26 heavy (non-hydrogen) atoms. The average molecular weight is 418 g/mol. The van der Waals surface area contributed by atoms with Gasteiger partial charge in [0.2, 0.25) is 0 Å². The fraction of sp³-hybridized carbons (Fsp3) is 0.105. The van der Waals surface area contributed by atoms with Crippen LogP contribution in [0.25, 0.3) is 0 Å². The molecule has 0 aromatic heterocycles. The Morgan fingerprint density at radius 3 is 2.31 bits per heavy atom. The first-order chi connectivity index (χ1) is 12.5. The SMILES string of the molecule is COC(=O)/C=C(/Nc1ccc(Br)cc1C(=O)c1ccccc1)C(=O)OC. The van der Waals surface area contributed by atoms with Crippen molar-refractivity contribution in [2.45, 2.75) is 0 Å². The summed E-state index contributed by atoms with van der Waals surface area (Å²) in [7, 11) is 2.38. The number of anilines is 1. The number of ketones is 1. The van der Waals surface area contributed by atoms with E-state index in [1.165, 1.54) is 14.2 Å². The molecule has 0 amide bonds. The molecule has 134 valence electrons. The molecule has 0 unspecified atom stereocenters. The van der Waals surface area contributed by atoms with E-state index in [2.05, 4.69) is 30.7 Å². The molecule has 0 saturated carbocycles. The number of rotatable bonds is 6. The van der Waals surface area contributed by atoms with E-state index in [1.54, 1.807) is 42.5 Å². The number of halogens is 1. The van der Waals surface area contributed by atoms with E-state index < -0.39 is 11.9 Å². The first-order valence-electron chi connectivity index (χ1n) is 7.50. The standard InChI is InChI=1S/C19H16BrNO5/c1-25-17(22)11-16(19(24)26-2)21-15-9-8-13(20)10-14(15)18(23)12-6-4-3-5-7-12/h3-11,21H,1-2H3/b16-11+. The van der Waals surface area contributed by atoms with Crippen LogP contribution in [0.5, 0.6) is 0 Å². The predicted octanol–water partition coefficient (Wildman–Crippen LogP) is 3.32. The summed E-state index contributed by atoms with van der Waals surface area (Å²) in [6.45, 7) is 0. The molecule has 0 spiro atoms. The van der Waals surface area contributed by atoms with E-state index in [1.807, 2.05) is 6.07 Å². The maximum absolute atomic E-state index is 12.8. The van der Waals surface area contributed by atoms with E-state index in [-0.39, 0.29) is 11.5 Å². The van der Waals surface area contributed by atoms with E-state index in [0.29, 0.717) is 21.3 Å². The highest BCUT2D eigenvalue weighted by atomic mass is 79.9. The Bertz CT molecular complexity index is 861. The van der Waals surface area contributed by atoms with Gasteiger partial charge < -0.3 is 14.8 Å². The summed E-state index contributed by atoms with van der Waals surface area (Å²) in [5.41, 5.74) is 1.02. The van der Waals surface area contributed by atoms with Gasteiger partial charge in [0.05, 0.1) is 20.3 Å². The molecule has 0 radical (unpaired) electrons. The quantitative estimate of drug-likeness (QED) is 0.441. The smallest absolute Gasteiger partial charge is 0.354 e. The van der Waals surface area contributed by atoms with E-state index >= 15 is 0 Å². The van der Waals surface area contributed by atoms with E-state index in [9.17, 15) is 14.4 Å². The number of carbonyl (C=O) groups is 3. The molecule has 7 heteroatoms.